The van der Waals surface area contributed by atoms with Gasteiger partial charge in [0, 0.05) is 23.7 Å². The molecule has 3 aromatic rings. The third-order valence-corrected chi connectivity index (χ3v) is 5.84. The normalized spacial score (nSPS) is 15.7. The highest BCUT2D eigenvalue weighted by molar-refractivity contribution is 6.30. The molecule has 0 saturated carbocycles. The van der Waals surface area contributed by atoms with Gasteiger partial charge in [-0.15, -0.1) is 10.2 Å². The molecular formula is C25H25ClN4O3. The van der Waals surface area contributed by atoms with E-state index in [2.05, 4.69) is 20.4 Å². The lowest BCUT2D eigenvalue weighted by Crippen LogP contribution is -2.41. The van der Waals surface area contributed by atoms with Crippen LogP contribution in [0.2, 0.25) is 5.02 Å². The Hall–Kier alpha value is -3.45. The number of amides is 1. The van der Waals surface area contributed by atoms with Crippen molar-refractivity contribution in [1.29, 1.82) is 0 Å². The molecule has 1 N–H and O–H groups in total. The van der Waals surface area contributed by atoms with Crippen LogP contribution >= 0.6 is 11.6 Å². The molecule has 1 aliphatic rings. The number of hydrogen-bond acceptors (Lipinski definition) is 6. The van der Waals surface area contributed by atoms with Gasteiger partial charge in [0.05, 0.1) is 29.5 Å². The van der Waals surface area contributed by atoms with Gasteiger partial charge in [-0.3, -0.25) is 4.79 Å². The molecule has 2 aromatic carbocycles. The Labute approximate surface area is 197 Å². The third-order valence-electron chi connectivity index (χ3n) is 5.59. The average molecular weight is 465 g/mol. The second-order valence-corrected chi connectivity index (χ2v) is 8.26. The number of para-hydroxylation sites is 1. The molecule has 4 rings (SSSR count). The predicted molar refractivity (Wildman–Crippen MR) is 128 cm³/mol. The van der Waals surface area contributed by atoms with Gasteiger partial charge >= 0.3 is 5.97 Å². The number of esters is 1. The number of aromatic nitrogens is 2. The van der Waals surface area contributed by atoms with E-state index in [-0.39, 0.29) is 18.4 Å². The highest BCUT2D eigenvalue weighted by atomic mass is 35.5. The number of ether oxygens (including phenoxy) is 1. The SMILES string of the molecule is CCOC(=O)c1ccccc1NC(=O)C1CCCN(c2ccc(-c3ccc(Cl)cc3)nn2)C1. The molecule has 7 nitrogen and oxygen atoms in total. The van der Waals surface area contributed by atoms with Crippen molar-refractivity contribution in [3.05, 3.63) is 71.2 Å². The molecule has 0 aliphatic carbocycles. The van der Waals surface area contributed by atoms with Crippen LogP contribution in [0.15, 0.2) is 60.7 Å². The zero-order chi connectivity index (χ0) is 23.2. The fraction of sp³-hybridized carbons (Fsp3) is 0.280. The summed E-state index contributed by atoms with van der Waals surface area (Å²) < 4.78 is 5.10. The van der Waals surface area contributed by atoms with Crippen LogP contribution in [-0.2, 0) is 9.53 Å². The number of carbonyl (C=O) groups excluding carboxylic acids is 2. The van der Waals surface area contributed by atoms with E-state index in [0.717, 1.165) is 36.5 Å². The van der Waals surface area contributed by atoms with Crippen LogP contribution in [0.25, 0.3) is 11.3 Å². The van der Waals surface area contributed by atoms with E-state index in [4.69, 9.17) is 16.3 Å². The first-order valence-corrected chi connectivity index (χ1v) is 11.3. The van der Waals surface area contributed by atoms with E-state index in [1.807, 2.05) is 36.4 Å². The largest absolute Gasteiger partial charge is 0.462 e. The molecule has 1 amide bonds. The molecule has 1 aliphatic heterocycles. The fourth-order valence-electron chi connectivity index (χ4n) is 3.88. The summed E-state index contributed by atoms with van der Waals surface area (Å²) >= 11 is 5.96. The summed E-state index contributed by atoms with van der Waals surface area (Å²) in [5.74, 6) is -0.0687. The first kappa shape index (κ1) is 22.7. The maximum Gasteiger partial charge on any atom is 0.340 e. The highest BCUT2D eigenvalue weighted by Crippen LogP contribution is 2.26. The summed E-state index contributed by atoms with van der Waals surface area (Å²) in [5.41, 5.74) is 2.51. The zero-order valence-electron chi connectivity index (χ0n) is 18.3. The Balaban J connectivity index is 1.43. The molecule has 1 unspecified atom stereocenters. The molecule has 1 saturated heterocycles. The summed E-state index contributed by atoms with van der Waals surface area (Å²) in [6.45, 7) is 3.36. The van der Waals surface area contributed by atoms with Gasteiger partial charge in [0.15, 0.2) is 5.82 Å². The van der Waals surface area contributed by atoms with Crippen molar-refractivity contribution in [2.45, 2.75) is 19.8 Å². The van der Waals surface area contributed by atoms with E-state index in [1.165, 1.54) is 0 Å². The molecule has 1 fully saturated rings. The molecule has 0 spiro atoms. The maximum absolute atomic E-state index is 13.0. The molecule has 1 atom stereocenters. The lowest BCUT2D eigenvalue weighted by Gasteiger charge is -2.32. The summed E-state index contributed by atoms with van der Waals surface area (Å²) in [6, 6.07) is 18.2. The van der Waals surface area contributed by atoms with Gasteiger partial charge in [-0.25, -0.2) is 4.79 Å². The Morgan fingerprint density at radius 3 is 2.61 bits per heavy atom. The lowest BCUT2D eigenvalue weighted by molar-refractivity contribution is -0.120. The maximum atomic E-state index is 13.0. The van der Waals surface area contributed by atoms with Crippen LogP contribution in [-0.4, -0.2) is 41.8 Å². The Kier molecular flexibility index (Phi) is 7.19. The Morgan fingerprint density at radius 1 is 1.09 bits per heavy atom. The first-order chi connectivity index (χ1) is 16.0. The molecule has 170 valence electrons. The van der Waals surface area contributed by atoms with Crippen LogP contribution in [0.3, 0.4) is 0 Å². The Bertz CT molecular complexity index is 1120. The lowest BCUT2D eigenvalue weighted by atomic mass is 9.96. The van der Waals surface area contributed by atoms with Crippen LogP contribution in [0.4, 0.5) is 11.5 Å². The molecule has 2 heterocycles. The standard InChI is InChI=1S/C25H25ClN4O3/c1-2-33-25(32)20-7-3-4-8-22(20)27-24(31)18-6-5-15-30(16-18)23-14-13-21(28-29-23)17-9-11-19(26)12-10-17/h3-4,7-14,18H,2,5-6,15-16H2,1H3,(H,27,31). The summed E-state index contributed by atoms with van der Waals surface area (Å²) in [7, 11) is 0. The second kappa shape index (κ2) is 10.4. The van der Waals surface area contributed by atoms with Crippen molar-refractivity contribution in [3.63, 3.8) is 0 Å². The van der Waals surface area contributed by atoms with Crippen molar-refractivity contribution < 1.29 is 14.3 Å². The van der Waals surface area contributed by atoms with Crippen LogP contribution in [0, 0.1) is 5.92 Å². The summed E-state index contributed by atoms with van der Waals surface area (Å²) in [6.07, 6.45) is 1.62. The van der Waals surface area contributed by atoms with Crippen molar-refractivity contribution in [1.82, 2.24) is 10.2 Å². The smallest absolute Gasteiger partial charge is 0.340 e. The van der Waals surface area contributed by atoms with E-state index in [9.17, 15) is 9.59 Å². The van der Waals surface area contributed by atoms with Gasteiger partial charge in [-0.05, 0) is 56.2 Å². The zero-order valence-corrected chi connectivity index (χ0v) is 19.1. The van der Waals surface area contributed by atoms with Crippen LogP contribution < -0.4 is 10.2 Å². The minimum Gasteiger partial charge on any atom is -0.462 e. The molecule has 0 bridgehead atoms. The van der Waals surface area contributed by atoms with Gasteiger partial charge in [-0.1, -0.05) is 35.9 Å². The molecular weight excluding hydrogens is 440 g/mol. The molecule has 33 heavy (non-hydrogen) atoms. The fourth-order valence-corrected chi connectivity index (χ4v) is 4.01. The van der Waals surface area contributed by atoms with Gasteiger partial charge in [0.2, 0.25) is 5.91 Å². The van der Waals surface area contributed by atoms with Gasteiger partial charge < -0.3 is 15.0 Å². The minimum atomic E-state index is -0.449. The minimum absolute atomic E-state index is 0.123. The second-order valence-electron chi connectivity index (χ2n) is 7.82. The van der Waals surface area contributed by atoms with Crippen molar-refractivity contribution in [2.24, 2.45) is 5.92 Å². The number of nitrogens with one attached hydrogen (secondary N) is 1. The van der Waals surface area contributed by atoms with Crippen molar-refractivity contribution in [2.75, 3.05) is 29.9 Å². The highest BCUT2D eigenvalue weighted by Gasteiger charge is 2.27. The van der Waals surface area contributed by atoms with E-state index >= 15 is 0 Å². The number of carbonyl (C=O) groups is 2. The average Bonchev–Trinajstić information content (AvgIpc) is 2.85. The van der Waals surface area contributed by atoms with Gasteiger partial charge in [0.25, 0.3) is 0 Å². The monoisotopic (exact) mass is 464 g/mol. The predicted octanol–water partition coefficient (Wildman–Crippen LogP) is 4.83. The topological polar surface area (TPSA) is 84.4 Å². The number of anilines is 2. The van der Waals surface area contributed by atoms with Crippen molar-refractivity contribution >= 4 is 35.0 Å². The summed E-state index contributed by atoms with van der Waals surface area (Å²) in [5, 5.41) is 12.3. The number of hydrogen-bond donors (Lipinski definition) is 1. The number of halogens is 1. The number of benzene rings is 2. The number of rotatable bonds is 6. The Morgan fingerprint density at radius 2 is 1.88 bits per heavy atom. The molecule has 0 radical (unpaired) electrons. The van der Waals surface area contributed by atoms with Crippen LogP contribution in [0.1, 0.15) is 30.1 Å². The van der Waals surface area contributed by atoms with E-state index < -0.39 is 5.97 Å². The molecule has 1 aromatic heterocycles. The summed E-state index contributed by atoms with van der Waals surface area (Å²) in [4.78, 5) is 27.3. The number of piperidine rings is 1. The van der Waals surface area contributed by atoms with E-state index in [1.54, 1.807) is 31.2 Å². The number of nitrogens with zero attached hydrogens (tertiary/aromatic N) is 3. The quantitative estimate of drug-likeness (QED) is 0.526. The van der Waals surface area contributed by atoms with Gasteiger partial charge in [-0.2, -0.15) is 0 Å². The van der Waals surface area contributed by atoms with E-state index in [0.29, 0.717) is 22.8 Å². The van der Waals surface area contributed by atoms with Crippen molar-refractivity contribution in [3.8, 4) is 11.3 Å². The first-order valence-electron chi connectivity index (χ1n) is 11.0. The van der Waals surface area contributed by atoms with Gasteiger partial charge in [0.1, 0.15) is 0 Å². The molecule has 8 heteroatoms. The van der Waals surface area contributed by atoms with Crippen LogP contribution in [0.5, 0.6) is 0 Å². The third kappa shape index (κ3) is 5.49.